The molecule has 0 spiro atoms. The van der Waals surface area contributed by atoms with Gasteiger partial charge in [-0.2, -0.15) is 0 Å². The average Bonchev–Trinajstić information content (AvgIpc) is 2.93. The molecule has 1 N–H and O–H groups in total. The van der Waals surface area contributed by atoms with Crippen LogP contribution in [0.25, 0.3) is 5.65 Å². The van der Waals surface area contributed by atoms with E-state index >= 15 is 0 Å². The van der Waals surface area contributed by atoms with Gasteiger partial charge in [0.1, 0.15) is 0 Å². The van der Waals surface area contributed by atoms with Crippen LogP contribution in [0.1, 0.15) is 5.56 Å². The number of benzene rings is 1. The molecular weight excluding hydrogens is 292 g/mol. The van der Waals surface area contributed by atoms with E-state index in [0.717, 1.165) is 37.6 Å². The van der Waals surface area contributed by atoms with Crippen LogP contribution in [0.5, 0.6) is 0 Å². The minimum absolute atomic E-state index is 0.136. The Morgan fingerprint density at radius 3 is 2.70 bits per heavy atom. The number of aromatic nitrogens is 4. The van der Waals surface area contributed by atoms with Crippen LogP contribution in [-0.4, -0.2) is 45.3 Å². The lowest BCUT2D eigenvalue weighted by molar-refractivity contribution is 0.585. The highest BCUT2D eigenvalue weighted by atomic mass is 16.2. The number of fused-ring (bicyclic) bond motifs is 1. The quantitative estimate of drug-likeness (QED) is 0.756. The van der Waals surface area contributed by atoms with Gasteiger partial charge in [-0.25, -0.2) is 18.9 Å². The van der Waals surface area contributed by atoms with E-state index in [-0.39, 0.29) is 5.69 Å². The molecule has 4 rings (SSSR count). The van der Waals surface area contributed by atoms with E-state index in [1.54, 1.807) is 16.8 Å². The molecule has 1 fully saturated rings. The fraction of sp³-hybridized carbons (Fsp3) is 0.312. The molecule has 0 atom stereocenters. The summed E-state index contributed by atoms with van der Waals surface area (Å²) in [6.07, 6.45) is 3.35. The van der Waals surface area contributed by atoms with Gasteiger partial charge in [-0.05, 0) is 5.56 Å². The molecule has 0 radical (unpaired) electrons. The predicted octanol–water partition coefficient (Wildman–Crippen LogP) is 0.349. The van der Waals surface area contributed by atoms with Crippen LogP contribution in [0.2, 0.25) is 0 Å². The van der Waals surface area contributed by atoms with Crippen LogP contribution in [0.3, 0.4) is 0 Å². The third-order valence-corrected chi connectivity index (χ3v) is 4.07. The molecule has 1 aliphatic rings. The lowest BCUT2D eigenvalue weighted by atomic mass is 10.2. The maximum atomic E-state index is 12.6. The first-order valence-corrected chi connectivity index (χ1v) is 7.77. The van der Waals surface area contributed by atoms with Crippen molar-refractivity contribution in [1.29, 1.82) is 0 Å². The Balaban J connectivity index is 1.76. The van der Waals surface area contributed by atoms with Crippen molar-refractivity contribution in [3.63, 3.8) is 0 Å². The van der Waals surface area contributed by atoms with Crippen molar-refractivity contribution in [1.82, 2.24) is 24.5 Å². The molecule has 0 unspecified atom stereocenters. The Hall–Kier alpha value is -2.67. The third-order valence-electron chi connectivity index (χ3n) is 4.07. The SMILES string of the molecule is O=c1n(Cc2ccccc2)nc2c(N3CCNCC3)nccn12. The Morgan fingerprint density at radius 2 is 1.91 bits per heavy atom. The fourth-order valence-electron chi connectivity index (χ4n) is 2.89. The molecule has 3 aromatic rings. The summed E-state index contributed by atoms with van der Waals surface area (Å²) in [6, 6.07) is 9.87. The molecule has 0 bridgehead atoms. The van der Waals surface area contributed by atoms with Crippen LogP contribution in [0, 0.1) is 0 Å². The zero-order chi connectivity index (χ0) is 15.6. The van der Waals surface area contributed by atoms with E-state index in [1.165, 1.54) is 4.68 Å². The molecule has 0 aliphatic carbocycles. The van der Waals surface area contributed by atoms with Gasteiger partial charge in [-0.15, -0.1) is 5.10 Å². The predicted molar refractivity (Wildman–Crippen MR) is 87.9 cm³/mol. The number of rotatable bonds is 3. The molecule has 3 heterocycles. The summed E-state index contributed by atoms with van der Waals surface area (Å²) in [6.45, 7) is 4.02. The summed E-state index contributed by atoms with van der Waals surface area (Å²) in [7, 11) is 0. The molecule has 1 aromatic carbocycles. The molecule has 118 valence electrons. The second-order valence-electron chi connectivity index (χ2n) is 5.61. The average molecular weight is 310 g/mol. The van der Waals surface area contributed by atoms with E-state index in [2.05, 4.69) is 20.3 Å². The van der Waals surface area contributed by atoms with E-state index in [4.69, 9.17) is 0 Å². The molecule has 1 aliphatic heterocycles. The molecular formula is C16H18N6O. The van der Waals surface area contributed by atoms with Crippen LogP contribution >= 0.6 is 0 Å². The summed E-state index contributed by atoms with van der Waals surface area (Å²) < 4.78 is 3.07. The maximum absolute atomic E-state index is 12.6. The Labute approximate surface area is 133 Å². The maximum Gasteiger partial charge on any atom is 0.350 e. The van der Waals surface area contributed by atoms with Gasteiger partial charge in [-0.1, -0.05) is 30.3 Å². The van der Waals surface area contributed by atoms with Crippen molar-refractivity contribution in [2.75, 3.05) is 31.1 Å². The summed E-state index contributed by atoms with van der Waals surface area (Å²) in [5.74, 6) is 0.776. The van der Waals surface area contributed by atoms with Crippen molar-refractivity contribution in [3.8, 4) is 0 Å². The standard InChI is InChI=1S/C16H18N6O/c23-16-21-11-8-18-14(20-9-6-17-7-10-20)15(21)19-22(16)12-13-4-2-1-3-5-13/h1-5,8,11,17H,6-7,9-10,12H2. The topological polar surface area (TPSA) is 67.5 Å². The smallest absolute Gasteiger partial charge is 0.350 e. The van der Waals surface area contributed by atoms with Crippen molar-refractivity contribution >= 4 is 11.5 Å². The van der Waals surface area contributed by atoms with Gasteiger partial charge in [0.15, 0.2) is 5.82 Å². The number of nitrogens with zero attached hydrogens (tertiary/aromatic N) is 5. The Kier molecular flexibility index (Phi) is 3.55. The first kappa shape index (κ1) is 14.0. The third kappa shape index (κ3) is 2.59. The highest BCUT2D eigenvalue weighted by molar-refractivity contribution is 5.63. The Morgan fingerprint density at radius 1 is 1.13 bits per heavy atom. The minimum atomic E-state index is -0.136. The van der Waals surface area contributed by atoms with Crippen molar-refractivity contribution < 1.29 is 0 Å². The molecule has 7 nitrogen and oxygen atoms in total. The Bertz CT molecular complexity index is 863. The van der Waals surface area contributed by atoms with Crippen molar-refractivity contribution in [3.05, 3.63) is 58.8 Å². The second-order valence-corrected chi connectivity index (χ2v) is 5.61. The zero-order valence-corrected chi connectivity index (χ0v) is 12.7. The van der Waals surface area contributed by atoms with Crippen molar-refractivity contribution in [2.24, 2.45) is 0 Å². The van der Waals surface area contributed by atoms with Gasteiger partial charge in [0, 0.05) is 38.6 Å². The van der Waals surface area contributed by atoms with E-state index in [1.807, 2.05) is 30.3 Å². The van der Waals surface area contributed by atoms with Gasteiger partial charge in [0.2, 0.25) is 5.65 Å². The molecule has 0 amide bonds. The largest absolute Gasteiger partial charge is 0.351 e. The van der Waals surface area contributed by atoms with Crippen LogP contribution < -0.4 is 15.9 Å². The lowest BCUT2D eigenvalue weighted by Gasteiger charge is -2.28. The highest BCUT2D eigenvalue weighted by Gasteiger charge is 2.18. The summed E-state index contributed by atoms with van der Waals surface area (Å²) in [5, 5.41) is 7.84. The fourth-order valence-corrected chi connectivity index (χ4v) is 2.89. The van der Waals surface area contributed by atoms with Gasteiger partial charge in [0.25, 0.3) is 0 Å². The van der Waals surface area contributed by atoms with Gasteiger partial charge >= 0.3 is 5.69 Å². The highest BCUT2D eigenvalue weighted by Crippen LogP contribution is 2.16. The molecule has 23 heavy (non-hydrogen) atoms. The normalized spacial score (nSPS) is 15.2. The molecule has 2 aromatic heterocycles. The second kappa shape index (κ2) is 5.85. The first-order chi connectivity index (χ1) is 11.3. The molecule has 1 saturated heterocycles. The number of anilines is 1. The first-order valence-electron chi connectivity index (χ1n) is 7.77. The van der Waals surface area contributed by atoms with Gasteiger partial charge in [0.05, 0.1) is 6.54 Å². The van der Waals surface area contributed by atoms with Crippen LogP contribution in [0.4, 0.5) is 5.82 Å². The van der Waals surface area contributed by atoms with E-state index in [0.29, 0.717) is 12.2 Å². The number of hydrogen-bond donors (Lipinski definition) is 1. The van der Waals surface area contributed by atoms with Gasteiger partial charge < -0.3 is 10.2 Å². The molecule has 0 saturated carbocycles. The van der Waals surface area contributed by atoms with Crippen LogP contribution in [0.15, 0.2) is 47.5 Å². The van der Waals surface area contributed by atoms with Gasteiger partial charge in [-0.3, -0.25) is 0 Å². The number of nitrogens with one attached hydrogen (secondary N) is 1. The monoisotopic (exact) mass is 310 g/mol. The summed E-state index contributed by atoms with van der Waals surface area (Å²) in [4.78, 5) is 19.2. The van der Waals surface area contributed by atoms with Crippen LogP contribution in [-0.2, 0) is 6.54 Å². The number of hydrogen-bond acceptors (Lipinski definition) is 5. The molecule has 7 heteroatoms. The lowest BCUT2D eigenvalue weighted by Crippen LogP contribution is -2.44. The van der Waals surface area contributed by atoms with Crippen molar-refractivity contribution in [2.45, 2.75) is 6.54 Å². The van der Waals surface area contributed by atoms with E-state index in [9.17, 15) is 4.79 Å². The minimum Gasteiger partial charge on any atom is -0.351 e. The summed E-state index contributed by atoms with van der Waals surface area (Å²) in [5.41, 5.74) is 1.53. The van der Waals surface area contributed by atoms with E-state index < -0.39 is 0 Å². The zero-order valence-electron chi connectivity index (χ0n) is 12.7. The summed E-state index contributed by atoms with van der Waals surface area (Å²) >= 11 is 0. The number of piperazine rings is 1.